The Hall–Kier alpha value is -2.72. The van der Waals surface area contributed by atoms with E-state index in [0.29, 0.717) is 38.1 Å². The molecule has 0 saturated carbocycles. The van der Waals surface area contributed by atoms with E-state index in [1.54, 1.807) is 20.8 Å². The second-order valence-electron chi connectivity index (χ2n) is 7.22. The summed E-state index contributed by atoms with van der Waals surface area (Å²) in [4.78, 5) is 51.5. The summed E-state index contributed by atoms with van der Waals surface area (Å²) in [5, 5.41) is 2.99. The highest BCUT2D eigenvalue weighted by molar-refractivity contribution is 7.18. The number of esters is 3. The van der Waals surface area contributed by atoms with Crippen molar-refractivity contribution >= 4 is 40.2 Å². The number of ether oxygens (including phenoxy) is 3. The predicted molar refractivity (Wildman–Crippen MR) is 120 cm³/mol. The number of amides is 1. The lowest BCUT2D eigenvalue weighted by Crippen LogP contribution is -2.41. The Balaban J connectivity index is 2.07. The molecule has 2 rings (SSSR count). The maximum absolute atomic E-state index is 12.7. The number of piperidine rings is 1. The number of hydrogen-bond donors (Lipinski definition) is 1. The zero-order valence-electron chi connectivity index (χ0n) is 18.7. The van der Waals surface area contributed by atoms with Gasteiger partial charge in [-0.3, -0.25) is 14.5 Å². The number of nitrogens with zero attached hydrogens (tertiary/aromatic N) is 1. The third kappa shape index (κ3) is 6.64. The molecule has 1 fully saturated rings. The molecule has 1 aromatic heterocycles. The third-order valence-electron chi connectivity index (χ3n) is 4.97. The van der Waals surface area contributed by atoms with Gasteiger partial charge in [-0.05, 0) is 52.3 Å². The summed E-state index contributed by atoms with van der Waals surface area (Å²) in [6.07, 6.45) is 2.69. The number of anilines is 1. The molecule has 1 aliphatic heterocycles. The summed E-state index contributed by atoms with van der Waals surface area (Å²) in [5.41, 5.74) is 0.546. The molecule has 32 heavy (non-hydrogen) atoms. The van der Waals surface area contributed by atoms with E-state index in [0.717, 1.165) is 11.3 Å². The first-order valence-electron chi connectivity index (χ1n) is 10.6. The van der Waals surface area contributed by atoms with E-state index in [9.17, 15) is 19.2 Å². The SMILES string of the molecule is C=CCOC(=O)c1sc(NC(=O)CN2CCC(C(=O)OCC)CC2)c(C(=O)OCC)c1C. The molecule has 9 nitrogen and oxygen atoms in total. The van der Waals surface area contributed by atoms with Crippen LogP contribution in [0.25, 0.3) is 0 Å². The number of nitrogens with one attached hydrogen (secondary N) is 1. The van der Waals surface area contributed by atoms with Crippen molar-refractivity contribution in [3.05, 3.63) is 28.7 Å². The molecular formula is C22H30N2O7S. The van der Waals surface area contributed by atoms with Crippen molar-refractivity contribution in [1.82, 2.24) is 4.90 Å². The van der Waals surface area contributed by atoms with Gasteiger partial charge in [0.15, 0.2) is 0 Å². The Morgan fingerprint density at radius 2 is 1.75 bits per heavy atom. The van der Waals surface area contributed by atoms with E-state index in [4.69, 9.17) is 14.2 Å². The predicted octanol–water partition coefficient (Wildman–Crippen LogP) is 2.79. The number of likely N-dealkylation sites (tertiary alicyclic amines) is 1. The molecule has 1 N–H and O–H groups in total. The van der Waals surface area contributed by atoms with Crippen LogP contribution in [-0.4, -0.2) is 68.2 Å². The molecule has 0 atom stereocenters. The summed E-state index contributed by atoms with van der Waals surface area (Å²) >= 11 is 0.978. The minimum atomic E-state index is -0.616. The highest BCUT2D eigenvalue weighted by atomic mass is 32.1. The van der Waals surface area contributed by atoms with Crippen molar-refractivity contribution in [1.29, 1.82) is 0 Å². The van der Waals surface area contributed by atoms with E-state index in [1.807, 2.05) is 4.90 Å². The van der Waals surface area contributed by atoms with Crippen LogP contribution in [0.3, 0.4) is 0 Å². The molecule has 1 aliphatic rings. The molecule has 0 aliphatic carbocycles. The maximum Gasteiger partial charge on any atom is 0.348 e. The Kier molecular flexibility index (Phi) is 9.86. The molecule has 0 radical (unpaired) electrons. The van der Waals surface area contributed by atoms with Crippen LogP contribution in [0.1, 0.15) is 52.3 Å². The molecule has 1 saturated heterocycles. The Morgan fingerprint density at radius 1 is 1.09 bits per heavy atom. The minimum Gasteiger partial charge on any atom is -0.466 e. The van der Waals surface area contributed by atoms with Crippen molar-refractivity contribution in [3.63, 3.8) is 0 Å². The summed E-state index contributed by atoms with van der Waals surface area (Å²) in [7, 11) is 0. The Labute approximate surface area is 191 Å². The Morgan fingerprint density at radius 3 is 2.34 bits per heavy atom. The van der Waals surface area contributed by atoms with Crippen molar-refractivity contribution < 1.29 is 33.4 Å². The highest BCUT2D eigenvalue weighted by Crippen LogP contribution is 2.34. The van der Waals surface area contributed by atoms with Crippen LogP contribution in [0, 0.1) is 12.8 Å². The fourth-order valence-corrected chi connectivity index (χ4v) is 4.51. The second kappa shape index (κ2) is 12.4. The van der Waals surface area contributed by atoms with E-state index in [2.05, 4.69) is 11.9 Å². The van der Waals surface area contributed by atoms with Gasteiger partial charge in [-0.15, -0.1) is 11.3 Å². The second-order valence-corrected chi connectivity index (χ2v) is 8.24. The van der Waals surface area contributed by atoms with Crippen molar-refractivity contribution in [2.24, 2.45) is 5.92 Å². The number of hydrogen-bond acceptors (Lipinski definition) is 9. The monoisotopic (exact) mass is 466 g/mol. The van der Waals surface area contributed by atoms with Crippen LogP contribution < -0.4 is 5.32 Å². The molecule has 0 spiro atoms. The summed E-state index contributed by atoms with van der Waals surface area (Å²) in [6, 6.07) is 0. The zero-order chi connectivity index (χ0) is 23.7. The van der Waals surface area contributed by atoms with Gasteiger partial charge in [-0.2, -0.15) is 0 Å². The van der Waals surface area contributed by atoms with Crippen LogP contribution in [0.4, 0.5) is 5.00 Å². The maximum atomic E-state index is 12.7. The minimum absolute atomic E-state index is 0.0361. The quantitative estimate of drug-likeness (QED) is 0.318. The first-order valence-corrected chi connectivity index (χ1v) is 11.4. The lowest BCUT2D eigenvalue weighted by molar-refractivity contribution is -0.149. The molecule has 10 heteroatoms. The third-order valence-corrected chi connectivity index (χ3v) is 6.16. The van der Waals surface area contributed by atoms with Gasteiger partial charge in [0, 0.05) is 0 Å². The van der Waals surface area contributed by atoms with E-state index < -0.39 is 11.9 Å². The van der Waals surface area contributed by atoms with Crippen molar-refractivity contribution in [2.75, 3.05) is 44.8 Å². The van der Waals surface area contributed by atoms with Gasteiger partial charge < -0.3 is 19.5 Å². The largest absolute Gasteiger partial charge is 0.466 e. The number of rotatable bonds is 10. The normalized spacial score (nSPS) is 14.5. The van der Waals surface area contributed by atoms with Crippen LogP contribution in [0.5, 0.6) is 0 Å². The molecule has 1 aromatic rings. The van der Waals surface area contributed by atoms with Gasteiger partial charge in [-0.1, -0.05) is 12.7 Å². The van der Waals surface area contributed by atoms with Gasteiger partial charge in [0.2, 0.25) is 5.91 Å². The summed E-state index contributed by atoms with van der Waals surface area (Å²) in [6.45, 7) is 10.4. The lowest BCUT2D eigenvalue weighted by atomic mass is 9.97. The first-order chi connectivity index (χ1) is 15.3. The number of carbonyl (C=O) groups is 4. The van der Waals surface area contributed by atoms with Gasteiger partial charge in [0.25, 0.3) is 0 Å². The smallest absolute Gasteiger partial charge is 0.348 e. The number of thiophene rings is 1. The van der Waals surface area contributed by atoms with Gasteiger partial charge in [-0.25, -0.2) is 9.59 Å². The molecule has 0 unspecified atom stereocenters. The fraction of sp³-hybridized carbons (Fsp3) is 0.545. The van der Waals surface area contributed by atoms with Gasteiger partial charge in [0.1, 0.15) is 16.5 Å². The van der Waals surface area contributed by atoms with Crippen molar-refractivity contribution in [3.8, 4) is 0 Å². The highest BCUT2D eigenvalue weighted by Gasteiger charge is 2.29. The fourth-order valence-electron chi connectivity index (χ4n) is 3.40. The topological polar surface area (TPSA) is 111 Å². The lowest BCUT2D eigenvalue weighted by Gasteiger charge is -2.30. The van der Waals surface area contributed by atoms with E-state index in [-0.39, 0.29) is 53.0 Å². The van der Waals surface area contributed by atoms with Gasteiger partial charge >= 0.3 is 17.9 Å². The summed E-state index contributed by atoms with van der Waals surface area (Å²) in [5.74, 6) is -1.87. The molecular weight excluding hydrogens is 436 g/mol. The molecule has 1 amide bonds. The first kappa shape index (κ1) is 25.5. The summed E-state index contributed by atoms with van der Waals surface area (Å²) < 4.78 is 15.3. The Bertz CT molecular complexity index is 857. The van der Waals surface area contributed by atoms with Crippen LogP contribution in [0.15, 0.2) is 12.7 Å². The van der Waals surface area contributed by atoms with Crippen LogP contribution >= 0.6 is 11.3 Å². The van der Waals surface area contributed by atoms with Gasteiger partial charge in [0.05, 0.1) is 31.2 Å². The average Bonchev–Trinajstić information content (AvgIpc) is 3.08. The van der Waals surface area contributed by atoms with Crippen LogP contribution in [-0.2, 0) is 23.8 Å². The molecule has 176 valence electrons. The van der Waals surface area contributed by atoms with E-state index >= 15 is 0 Å². The molecule has 0 aromatic carbocycles. The molecule has 2 heterocycles. The van der Waals surface area contributed by atoms with Crippen molar-refractivity contribution in [2.45, 2.75) is 33.6 Å². The van der Waals surface area contributed by atoms with E-state index in [1.165, 1.54) is 6.08 Å². The molecule has 0 bridgehead atoms. The number of carbonyl (C=O) groups excluding carboxylic acids is 4. The average molecular weight is 467 g/mol. The standard InChI is InChI=1S/C22H30N2O7S/c1-5-12-31-22(28)18-14(4)17(21(27)30-7-3)19(32-18)23-16(25)13-24-10-8-15(9-11-24)20(26)29-6-2/h5,15H,1,6-13H2,2-4H3,(H,23,25). The van der Waals surface area contributed by atoms with Crippen LogP contribution in [0.2, 0.25) is 0 Å². The zero-order valence-corrected chi connectivity index (χ0v) is 19.5.